The predicted molar refractivity (Wildman–Crippen MR) is 59.9 cm³/mol. The van der Waals surface area contributed by atoms with E-state index in [1.54, 1.807) is 7.11 Å². The molecular weight excluding hydrogens is 174 g/mol. The number of nitrogens with one attached hydrogen (secondary N) is 1. The fourth-order valence-electron chi connectivity index (χ4n) is 1.46. The van der Waals surface area contributed by atoms with E-state index < -0.39 is 0 Å². The quantitative estimate of drug-likeness (QED) is 0.793. The Balaban J connectivity index is 2.83. The average Bonchev–Trinajstić information content (AvgIpc) is 2.27. The maximum absolute atomic E-state index is 5.20. The summed E-state index contributed by atoms with van der Waals surface area (Å²) >= 11 is 0. The van der Waals surface area contributed by atoms with Crippen molar-refractivity contribution in [3.05, 3.63) is 29.8 Å². The third kappa shape index (κ3) is 2.48. The van der Waals surface area contributed by atoms with Crippen molar-refractivity contribution < 1.29 is 4.74 Å². The van der Waals surface area contributed by atoms with E-state index in [2.05, 4.69) is 31.3 Å². The SMILES string of the molecule is CNC(C)C(C)c1cccc(OC)c1. The molecule has 1 aromatic carbocycles. The molecule has 0 radical (unpaired) electrons. The third-order valence-electron chi connectivity index (χ3n) is 2.82. The first-order valence-electron chi connectivity index (χ1n) is 5.00. The summed E-state index contributed by atoms with van der Waals surface area (Å²) in [7, 11) is 3.69. The second-order valence-electron chi connectivity index (χ2n) is 3.64. The Morgan fingerprint density at radius 3 is 2.57 bits per heavy atom. The monoisotopic (exact) mass is 193 g/mol. The Kier molecular flexibility index (Phi) is 3.96. The number of hydrogen-bond donors (Lipinski definition) is 1. The van der Waals surface area contributed by atoms with Gasteiger partial charge in [0.2, 0.25) is 0 Å². The number of likely N-dealkylation sites (N-methyl/N-ethyl adjacent to an activating group) is 1. The zero-order chi connectivity index (χ0) is 10.6. The summed E-state index contributed by atoms with van der Waals surface area (Å²) < 4.78 is 5.20. The molecule has 0 aliphatic carbocycles. The van der Waals surface area contributed by atoms with Crippen LogP contribution in [0.25, 0.3) is 0 Å². The van der Waals surface area contributed by atoms with Crippen LogP contribution in [0.2, 0.25) is 0 Å². The Morgan fingerprint density at radius 1 is 1.29 bits per heavy atom. The standard InChI is InChI=1S/C12H19NO/c1-9(10(2)13-3)11-6-5-7-12(8-11)14-4/h5-10,13H,1-4H3. The summed E-state index contributed by atoms with van der Waals surface area (Å²) in [5.41, 5.74) is 1.31. The minimum atomic E-state index is 0.474. The fourth-order valence-corrected chi connectivity index (χ4v) is 1.46. The molecule has 0 bridgehead atoms. The molecule has 2 atom stereocenters. The molecule has 0 aliphatic rings. The summed E-state index contributed by atoms with van der Waals surface area (Å²) in [6.07, 6.45) is 0. The maximum atomic E-state index is 5.20. The number of ether oxygens (including phenoxy) is 1. The van der Waals surface area contributed by atoms with Crippen LogP contribution >= 0.6 is 0 Å². The van der Waals surface area contributed by atoms with Crippen LogP contribution in [0.5, 0.6) is 5.75 Å². The molecule has 0 saturated heterocycles. The minimum absolute atomic E-state index is 0.474. The topological polar surface area (TPSA) is 21.3 Å². The minimum Gasteiger partial charge on any atom is -0.497 e. The Bertz CT molecular complexity index is 285. The molecule has 2 nitrogen and oxygen atoms in total. The summed E-state index contributed by atoms with van der Waals surface area (Å²) in [6, 6.07) is 8.72. The molecule has 0 aliphatic heterocycles. The molecule has 0 amide bonds. The van der Waals surface area contributed by atoms with Gasteiger partial charge in [-0.15, -0.1) is 0 Å². The van der Waals surface area contributed by atoms with E-state index in [0.29, 0.717) is 12.0 Å². The highest BCUT2D eigenvalue weighted by atomic mass is 16.5. The number of benzene rings is 1. The van der Waals surface area contributed by atoms with Gasteiger partial charge in [0.1, 0.15) is 5.75 Å². The lowest BCUT2D eigenvalue weighted by Gasteiger charge is -2.20. The smallest absolute Gasteiger partial charge is 0.119 e. The molecule has 1 rings (SSSR count). The molecule has 2 heteroatoms. The van der Waals surface area contributed by atoms with Crippen LogP contribution in [0.1, 0.15) is 25.3 Å². The summed E-state index contributed by atoms with van der Waals surface area (Å²) in [5.74, 6) is 1.42. The van der Waals surface area contributed by atoms with Gasteiger partial charge in [0.25, 0.3) is 0 Å². The molecule has 14 heavy (non-hydrogen) atoms. The summed E-state index contributed by atoms with van der Waals surface area (Å²) in [4.78, 5) is 0. The van der Waals surface area contributed by atoms with Crippen molar-refractivity contribution in [3.8, 4) is 5.75 Å². The second kappa shape index (κ2) is 5.01. The van der Waals surface area contributed by atoms with E-state index in [-0.39, 0.29) is 0 Å². The zero-order valence-electron chi connectivity index (χ0n) is 9.37. The van der Waals surface area contributed by atoms with Crippen molar-refractivity contribution in [2.75, 3.05) is 14.2 Å². The lowest BCUT2D eigenvalue weighted by atomic mass is 9.94. The van der Waals surface area contributed by atoms with Gasteiger partial charge in [0, 0.05) is 6.04 Å². The highest BCUT2D eigenvalue weighted by Gasteiger charge is 2.12. The number of methoxy groups -OCH3 is 1. The molecule has 78 valence electrons. The van der Waals surface area contributed by atoms with Crippen LogP contribution in [0, 0.1) is 0 Å². The first-order chi connectivity index (χ1) is 6.69. The van der Waals surface area contributed by atoms with Crippen molar-refractivity contribution >= 4 is 0 Å². The van der Waals surface area contributed by atoms with Gasteiger partial charge >= 0.3 is 0 Å². The first-order valence-corrected chi connectivity index (χ1v) is 5.00. The van der Waals surface area contributed by atoms with Crippen molar-refractivity contribution in [1.29, 1.82) is 0 Å². The van der Waals surface area contributed by atoms with Gasteiger partial charge in [0.15, 0.2) is 0 Å². The predicted octanol–water partition coefficient (Wildman–Crippen LogP) is 2.41. The van der Waals surface area contributed by atoms with Crippen LogP contribution in [0.15, 0.2) is 24.3 Å². The molecule has 0 aromatic heterocycles. The van der Waals surface area contributed by atoms with E-state index in [0.717, 1.165) is 5.75 Å². The van der Waals surface area contributed by atoms with Crippen molar-refractivity contribution in [2.24, 2.45) is 0 Å². The Labute approximate surface area is 86.3 Å². The lowest BCUT2D eigenvalue weighted by molar-refractivity contribution is 0.413. The van der Waals surface area contributed by atoms with Crippen molar-refractivity contribution in [1.82, 2.24) is 5.32 Å². The van der Waals surface area contributed by atoms with Gasteiger partial charge in [0.05, 0.1) is 7.11 Å². The van der Waals surface area contributed by atoms with Gasteiger partial charge < -0.3 is 10.1 Å². The molecule has 0 fully saturated rings. The van der Waals surface area contributed by atoms with Crippen LogP contribution in [0.4, 0.5) is 0 Å². The largest absolute Gasteiger partial charge is 0.497 e. The van der Waals surface area contributed by atoms with Gasteiger partial charge in [-0.25, -0.2) is 0 Å². The molecule has 1 N–H and O–H groups in total. The highest BCUT2D eigenvalue weighted by molar-refractivity contribution is 5.31. The van der Waals surface area contributed by atoms with E-state index in [4.69, 9.17) is 4.74 Å². The van der Waals surface area contributed by atoms with Crippen molar-refractivity contribution in [2.45, 2.75) is 25.8 Å². The molecule has 0 spiro atoms. The lowest BCUT2D eigenvalue weighted by Crippen LogP contribution is -2.27. The molecular formula is C12H19NO. The number of hydrogen-bond acceptors (Lipinski definition) is 2. The van der Waals surface area contributed by atoms with E-state index in [1.807, 2.05) is 19.2 Å². The van der Waals surface area contributed by atoms with E-state index >= 15 is 0 Å². The number of rotatable bonds is 4. The Morgan fingerprint density at radius 2 is 2.00 bits per heavy atom. The van der Waals surface area contributed by atoms with Gasteiger partial charge in [-0.2, -0.15) is 0 Å². The van der Waals surface area contributed by atoms with E-state index in [9.17, 15) is 0 Å². The fraction of sp³-hybridized carbons (Fsp3) is 0.500. The summed E-state index contributed by atoms with van der Waals surface area (Å²) in [5, 5.41) is 3.26. The van der Waals surface area contributed by atoms with Gasteiger partial charge in [-0.3, -0.25) is 0 Å². The van der Waals surface area contributed by atoms with Crippen LogP contribution < -0.4 is 10.1 Å². The first kappa shape index (κ1) is 11.1. The summed E-state index contributed by atoms with van der Waals surface area (Å²) in [6.45, 7) is 4.40. The van der Waals surface area contributed by atoms with Gasteiger partial charge in [-0.1, -0.05) is 19.1 Å². The maximum Gasteiger partial charge on any atom is 0.119 e. The Hall–Kier alpha value is -1.02. The van der Waals surface area contributed by atoms with Crippen molar-refractivity contribution in [3.63, 3.8) is 0 Å². The second-order valence-corrected chi connectivity index (χ2v) is 3.64. The molecule has 0 saturated carbocycles. The zero-order valence-corrected chi connectivity index (χ0v) is 9.37. The normalized spacial score (nSPS) is 14.9. The molecule has 1 aromatic rings. The van der Waals surface area contributed by atoms with Crippen LogP contribution in [-0.2, 0) is 0 Å². The van der Waals surface area contributed by atoms with Gasteiger partial charge in [-0.05, 0) is 37.6 Å². The average molecular weight is 193 g/mol. The highest BCUT2D eigenvalue weighted by Crippen LogP contribution is 2.22. The molecule has 0 heterocycles. The third-order valence-corrected chi connectivity index (χ3v) is 2.82. The van der Waals surface area contributed by atoms with Crippen LogP contribution in [-0.4, -0.2) is 20.2 Å². The van der Waals surface area contributed by atoms with Crippen LogP contribution in [0.3, 0.4) is 0 Å². The van der Waals surface area contributed by atoms with E-state index in [1.165, 1.54) is 5.56 Å². The molecule has 2 unspecified atom stereocenters.